The van der Waals surface area contributed by atoms with Crippen LogP contribution in [0.3, 0.4) is 0 Å². The number of carbonyl (C=O) groups is 1. The third-order valence-corrected chi connectivity index (χ3v) is 4.10. The number of halogens is 4. The Hall–Kier alpha value is -1.04. The first-order chi connectivity index (χ1) is 9.35. The molecule has 1 amide bonds. The van der Waals surface area contributed by atoms with Gasteiger partial charge in [0, 0.05) is 10.0 Å². The highest BCUT2D eigenvalue weighted by atomic mass is 79.9. The molecule has 2 rings (SSSR count). The van der Waals surface area contributed by atoms with Crippen LogP contribution < -0.4 is 5.32 Å². The molecule has 0 aromatic heterocycles. The van der Waals surface area contributed by atoms with Crippen LogP contribution >= 0.6 is 15.9 Å². The lowest BCUT2D eigenvalue weighted by Crippen LogP contribution is -2.41. The summed E-state index contributed by atoms with van der Waals surface area (Å²) in [6.45, 7) is 0.794. The lowest BCUT2D eigenvalue weighted by Gasteiger charge is -2.16. The van der Waals surface area contributed by atoms with E-state index in [4.69, 9.17) is 0 Å². The van der Waals surface area contributed by atoms with Gasteiger partial charge in [0.05, 0.1) is 0 Å². The van der Waals surface area contributed by atoms with Crippen molar-refractivity contribution in [3.05, 3.63) is 33.8 Å². The average Bonchev–Trinajstić information content (AvgIpc) is 3.14. The van der Waals surface area contributed by atoms with Crippen molar-refractivity contribution in [2.45, 2.75) is 37.6 Å². The van der Waals surface area contributed by atoms with E-state index in [0.29, 0.717) is 4.47 Å². The molecular weight excluding hydrogens is 335 g/mol. The van der Waals surface area contributed by atoms with Gasteiger partial charge in [-0.3, -0.25) is 4.79 Å². The lowest BCUT2D eigenvalue weighted by molar-refractivity contribution is 0.0681. The summed E-state index contributed by atoms with van der Waals surface area (Å²) in [6, 6.07) is 3.39. The van der Waals surface area contributed by atoms with Crippen molar-refractivity contribution in [1.82, 2.24) is 5.32 Å². The molecule has 1 aromatic rings. The van der Waals surface area contributed by atoms with Crippen molar-refractivity contribution < 1.29 is 18.0 Å². The maximum atomic E-state index is 12.5. The molecule has 0 spiro atoms. The molecule has 0 aliphatic heterocycles. The Labute approximate surface area is 123 Å². The fourth-order valence-electron chi connectivity index (χ4n) is 1.97. The van der Waals surface area contributed by atoms with Gasteiger partial charge in [-0.15, -0.1) is 0 Å². The quantitative estimate of drug-likeness (QED) is 0.859. The highest BCUT2D eigenvalue weighted by Gasteiger charge is 2.39. The Morgan fingerprint density at radius 2 is 2.05 bits per heavy atom. The van der Waals surface area contributed by atoms with Crippen LogP contribution in [0.15, 0.2) is 22.7 Å². The predicted molar refractivity (Wildman–Crippen MR) is 74.0 cm³/mol. The number of benzene rings is 1. The molecule has 1 unspecified atom stereocenters. The Morgan fingerprint density at radius 3 is 2.55 bits per heavy atom. The number of amides is 1. The monoisotopic (exact) mass is 349 g/mol. The van der Waals surface area contributed by atoms with Gasteiger partial charge in [-0.25, -0.2) is 13.2 Å². The fourth-order valence-corrected chi connectivity index (χ4v) is 2.46. The van der Waals surface area contributed by atoms with Gasteiger partial charge in [-0.1, -0.05) is 22.9 Å². The molecule has 2 nitrogen and oxygen atoms in total. The topological polar surface area (TPSA) is 29.1 Å². The molecule has 1 aromatic carbocycles. The first kappa shape index (κ1) is 15.4. The Kier molecular flexibility index (Phi) is 4.42. The highest BCUT2D eigenvalue weighted by molar-refractivity contribution is 9.10. The summed E-state index contributed by atoms with van der Waals surface area (Å²) in [5.41, 5.74) is 1.31. The number of alkyl halides is 3. The van der Waals surface area contributed by atoms with Crippen LogP contribution in [0, 0.1) is 0 Å². The van der Waals surface area contributed by atoms with Crippen LogP contribution in [-0.2, 0) is 5.41 Å². The Balaban J connectivity index is 2.19. The van der Waals surface area contributed by atoms with Gasteiger partial charge in [0.25, 0.3) is 12.3 Å². The van der Waals surface area contributed by atoms with E-state index in [1.54, 1.807) is 12.1 Å². The van der Waals surface area contributed by atoms with E-state index in [9.17, 15) is 18.0 Å². The minimum atomic E-state index is -2.92. The standard InChI is InChI=1S/C14H15BrF3NO/c1-14(2-3-14)9-4-8(5-10(15)6-9)13(20)19-11(7-16)12(17)18/h4-6,11-12H,2-3,7H2,1H3,(H,19,20). The summed E-state index contributed by atoms with van der Waals surface area (Å²) < 4.78 is 38.1. The van der Waals surface area contributed by atoms with Gasteiger partial charge in [0.15, 0.2) is 0 Å². The summed E-state index contributed by atoms with van der Waals surface area (Å²) >= 11 is 3.31. The number of hydrogen-bond donors (Lipinski definition) is 1. The molecule has 0 bridgehead atoms. The van der Waals surface area contributed by atoms with Gasteiger partial charge in [0.1, 0.15) is 12.7 Å². The number of carbonyl (C=O) groups excluding carboxylic acids is 1. The van der Waals surface area contributed by atoms with Crippen LogP contribution in [0.25, 0.3) is 0 Å². The molecule has 1 atom stereocenters. The van der Waals surface area contributed by atoms with Crippen molar-refractivity contribution in [2.75, 3.05) is 6.67 Å². The molecule has 1 N–H and O–H groups in total. The first-order valence-electron chi connectivity index (χ1n) is 6.32. The van der Waals surface area contributed by atoms with E-state index in [1.165, 1.54) is 0 Å². The molecule has 0 saturated heterocycles. The molecule has 1 fully saturated rings. The molecule has 0 radical (unpaired) electrons. The predicted octanol–water partition coefficient (Wildman–Crippen LogP) is 3.83. The number of nitrogens with one attached hydrogen (secondary N) is 1. The molecular formula is C14H15BrF3NO. The van der Waals surface area contributed by atoms with E-state index < -0.39 is 25.0 Å². The maximum absolute atomic E-state index is 12.5. The van der Waals surface area contributed by atoms with E-state index in [-0.39, 0.29) is 11.0 Å². The maximum Gasteiger partial charge on any atom is 0.261 e. The largest absolute Gasteiger partial charge is 0.341 e. The normalized spacial score (nSPS) is 17.9. The molecule has 1 aliphatic rings. The van der Waals surface area contributed by atoms with Crippen LogP contribution in [0.5, 0.6) is 0 Å². The van der Waals surface area contributed by atoms with E-state index in [1.807, 2.05) is 11.4 Å². The van der Waals surface area contributed by atoms with Crippen LogP contribution in [0.2, 0.25) is 0 Å². The summed E-state index contributed by atoms with van der Waals surface area (Å²) in [6.07, 6.45) is -0.847. The number of hydrogen-bond acceptors (Lipinski definition) is 1. The minimum absolute atomic E-state index is 0.0566. The van der Waals surface area contributed by atoms with Crippen LogP contribution in [0.1, 0.15) is 35.7 Å². The summed E-state index contributed by atoms with van der Waals surface area (Å²) in [5, 5.41) is 2.02. The van der Waals surface area contributed by atoms with Crippen LogP contribution in [-0.4, -0.2) is 25.0 Å². The SMILES string of the molecule is CC1(c2cc(Br)cc(C(=O)NC(CF)C(F)F)c2)CC1. The van der Waals surface area contributed by atoms with Gasteiger partial charge >= 0.3 is 0 Å². The second kappa shape index (κ2) is 5.76. The van der Waals surface area contributed by atoms with Crippen molar-refractivity contribution in [3.63, 3.8) is 0 Å². The van der Waals surface area contributed by atoms with Crippen molar-refractivity contribution in [3.8, 4) is 0 Å². The van der Waals surface area contributed by atoms with E-state index in [0.717, 1.165) is 18.4 Å². The number of rotatable bonds is 5. The zero-order valence-electron chi connectivity index (χ0n) is 10.9. The molecule has 6 heteroatoms. The molecule has 1 saturated carbocycles. The zero-order chi connectivity index (χ0) is 14.9. The minimum Gasteiger partial charge on any atom is -0.341 e. The van der Waals surface area contributed by atoms with E-state index >= 15 is 0 Å². The van der Waals surface area contributed by atoms with Crippen molar-refractivity contribution in [2.24, 2.45) is 0 Å². The van der Waals surface area contributed by atoms with Crippen molar-refractivity contribution in [1.29, 1.82) is 0 Å². The van der Waals surface area contributed by atoms with Crippen molar-refractivity contribution >= 4 is 21.8 Å². The van der Waals surface area contributed by atoms with Gasteiger partial charge < -0.3 is 5.32 Å². The highest BCUT2D eigenvalue weighted by Crippen LogP contribution is 2.48. The fraction of sp³-hybridized carbons (Fsp3) is 0.500. The van der Waals surface area contributed by atoms with Gasteiger partial charge in [-0.2, -0.15) is 0 Å². The molecule has 0 heterocycles. The first-order valence-corrected chi connectivity index (χ1v) is 7.11. The zero-order valence-corrected chi connectivity index (χ0v) is 12.5. The Morgan fingerprint density at radius 1 is 1.40 bits per heavy atom. The summed E-state index contributed by atoms with van der Waals surface area (Å²) in [5.74, 6) is -0.681. The molecule has 110 valence electrons. The lowest BCUT2D eigenvalue weighted by atomic mass is 9.96. The second-order valence-electron chi connectivity index (χ2n) is 5.36. The smallest absolute Gasteiger partial charge is 0.261 e. The van der Waals surface area contributed by atoms with Gasteiger partial charge in [0.2, 0.25) is 0 Å². The molecule has 20 heavy (non-hydrogen) atoms. The summed E-state index contributed by atoms with van der Waals surface area (Å²) in [7, 11) is 0. The summed E-state index contributed by atoms with van der Waals surface area (Å²) in [4.78, 5) is 11.9. The third kappa shape index (κ3) is 3.34. The van der Waals surface area contributed by atoms with Crippen LogP contribution in [0.4, 0.5) is 13.2 Å². The molecule has 1 aliphatic carbocycles. The van der Waals surface area contributed by atoms with E-state index in [2.05, 4.69) is 22.9 Å². The Bertz CT molecular complexity index is 517. The third-order valence-electron chi connectivity index (χ3n) is 3.64. The second-order valence-corrected chi connectivity index (χ2v) is 6.27. The average molecular weight is 350 g/mol. The van der Waals surface area contributed by atoms with Gasteiger partial charge in [-0.05, 0) is 42.0 Å².